The predicted molar refractivity (Wildman–Crippen MR) is 62.8 cm³/mol. The van der Waals surface area contributed by atoms with Crippen LogP contribution >= 0.6 is 0 Å². The van der Waals surface area contributed by atoms with Gasteiger partial charge in [-0.05, 0) is 18.5 Å². The minimum Gasteiger partial charge on any atom is -0.468 e. The smallest absolute Gasteiger partial charge is 0.326 e. The quantitative estimate of drug-likeness (QED) is 0.709. The molecule has 4 nitrogen and oxygen atoms in total. The van der Waals surface area contributed by atoms with Gasteiger partial charge in [0.05, 0.1) is 7.11 Å². The summed E-state index contributed by atoms with van der Waals surface area (Å²) in [6.07, 6.45) is 0.853. The molecule has 88 valence electrons. The van der Waals surface area contributed by atoms with Crippen LogP contribution in [0.1, 0.15) is 12.0 Å². The van der Waals surface area contributed by atoms with Gasteiger partial charge >= 0.3 is 5.97 Å². The van der Waals surface area contributed by atoms with E-state index in [1.807, 2.05) is 30.3 Å². The van der Waals surface area contributed by atoms with Gasteiger partial charge in [-0.25, -0.2) is 0 Å². The van der Waals surface area contributed by atoms with Gasteiger partial charge in [-0.3, -0.25) is 4.79 Å². The van der Waals surface area contributed by atoms with Crippen molar-refractivity contribution in [2.24, 2.45) is 11.5 Å². The second-order valence-corrected chi connectivity index (χ2v) is 3.85. The topological polar surface area (TPSA) is 78.3 Å². The van der Waals surface area contributed by atoms with Crippen LogP contribution in [0.3, 0.4) is 0 Å². The maximum absolute atomic E-state index is 11.6. The number of ether oxygens (including phenoxy) is 1. The van der Waals surface area contributed by atoms with Crippen LogP contribution in [-0.2, 0) is 16.0 Å². The Labute approximate surface area is 95.6 Å². The van der Waals surface area contributed by atoms with Crippen molar-refractivity contribution in [3.63, 3.8) is 0 Å². The van der Waals surface area contributed by atoms with Gasteiger partial charge in [0.2, 0.25) is 0 Å². The molecule has 1 aromatic rings. The van der Waals surface area contributed by atoms with Crippen molar-refractivity contribution < 1.29 is 9.53 Å². The molecule has 4 N–H and O–H groups in total. The van der Waals surface area contributed by atoms with Gasteiger partial charge in [0.15, 0.2) is 0 Å². The molecule has 0 fully saturated rings. The fourth-order valence-corrected chi connectivity index (χ4v) is 1.68. The van der Waals surface area contributed by atoms with Crippen molar-refractivity contribution in [1.82, 2.24) is 0 Å². The zero-order valence-corrected chi connectivity index (χ0v) is 9.48. The number of esters is 1. The summed E-state index contributed by atoms with van der Waals surface area (Å²) in [4.78, 5) is 11.6. The fourth-order valence-electron chi connectivity index (χ4n) is 1.68. The maximum Gasteiger partial charge on any atom is 0.326 e. The van der Waals surface area contributed by atoms with Crippen LogP contribution in [0.5, 0.6) is 0 Å². The molecule has 0 saturated heterocycles. The van der Waals surface area contributed by atoms with Crippen LogP contribution < -0.4 is 11.5 Å². The van der Waals surface area contributed by atoms with E-state index in [-0.39, 0.29) is 0 Å². The molecule has 0 aromatic heterocycles. The van der Waals surface area contributed by atoms with Crippen LogP contribution in [0.15, 0.2) is 30.3 Å². The SMILES string of the molecule is COC(=O)[C@](N)(CCN)Cc1ccccc1. The summed E-state index contributed by atoms with van der Waals surface area (Å²) in [5.41, 5.74) is 11.5. The van der Waals surface area contributed by atoms with Gasteiger partial charge in [-0.1, -0.05) is 30.3 Å². The summed E-state index contributed by atoms with van der Waals surface area (Å²) in [5.74, 6) is -0.415. The Bertz CT molecular complexity index is 340. The molecular weight excluding hydrogens is 204 g/mol. The van der Waals surface area contributed by atoms with E-state index < -0.39 is 11.5 Å². The normalized spacial score (nSPS) is 14.2. The van der Waals surface area contributed by atoms with Crippen LogP contribution in [0.2, 0.25) is 0 Å². The lowest BCUT2D eigenvalue weighted by atomic mass is 9.88. The lowest BCUT2D eigenvalue weighted by molar-refractivity contribution is -0.147. The number of carbonyl (C=O) groups excluding carboxylic acids is 1. The third kappa shape index (κ3) is 3.05. The molecule has 1 atom stereocenters. The highest BCUT2D eigenvalue weighted by Gasteiger charge is 2.34. The summed E-state index contributed by atoms with van der Waals surface area (Å²) < 4.78 is 4.72. The van der Waals surface area contributed by atoms with Gasteiger partial charge in [-0.2, -0.15) is 0 Å². The van der Waals surface area contributed by atoms with E-state index in [1.54, 1.807) is 0 Å². The van der Waals surface area contributed by atoms with Gasteiger partial charge in [0, 0.05) is 6.42 Å². The molecule has 0 bridgehead atoms. The molecule has 0 heterocycles. The fraction of sp³-hybridized carbons (Fsp3) is 0.417. The lowest BCUT2D eigenvalue weighted by Gasteiger charge is -2.26. The zero-order chi connectivity index (χ0) is 12.0. The van der Waals surface area contributed by atoms with E-state index in [0.717, 1.165) is 5.56 Å². The molecule has 0 saturated carbocycles. The number of nitrogens with two attached hydrogens (primary N) is 2. The van der Waals surface area contributed by atoms with Gasteiger partial charge in [0.1, 0.15) is 5.54 Å². The van der Waals surface area contributed by atoms with E-state index in [9.17, 15) is 4.79 Å². The number of methoxy groups -OCH3 is 1. The number of benzene rings is 1. The molecule has 0 aliphatic rings. The van der Waals surface area contributed by atoms with Crippen LogP contribution in [0, 0.1) is 0 Å². The molecule has 0 amide bonds. The van der Waals surface area contributed by atoms with Crippen molar-refractivity contribution in [3.8, 4) is 0 Å². The first-order valence-corrected chi connectivity index (χ1v) is 5.23. The average molecular weight is 222 g/mol. The molecule has 16 heavy (non-hydrogen) atoms. The molecule has 0 aliphatic heterocycles. The molecular formula is C12H18N2O2. The Morgan fingerprint density at radius 3 is 2.50 bits per heavy atom. The lowest BCUT2D eigenvalue weighted by Crippen LogP contribution is -2.52. The number of rotatable bonds is 5. The monoisotopic (exact) mass is 222 g/mol. The molecule has 0 unspecified atom stereocenters. The number of hydrogen-bond donors (Lipinski definition) is 2. The Morgan fingerprint density at radius 2 is 2.00 bits per heavy atom. The summed E-state index contributed by atoms with van der Waals surface area (Å²) in [6, 6.07) is 9.61. The molecule has 1 rings (SSSR count). The highest BCUT2D eigenvalue weighted by Crippen LogP contribution is 2.16. The van der Waals surface area contributed by atoms with Crippen LogP contribution in [0.25, 0.3) is 0 Å². The van der Waals surface area contributed by atoms with Crippen LogP contribution in [0.4, 0.5) is 0 Å². The molecule has 0 radical (unpaired) electrons. The first-order chi connectivity index (χ1) is 7.62. The minimum absolute atomic E-state index is 0.360. The van der Waals surface area contributed by atoms with E-state index >= 15 is 0 Å². The maximum atomic E-state index is 11.6. The third-order valence-corrected chi connectivity index (χ3v) is 2.54. The van der Waals surface area contributed by atoms with Crippen LogP contribution in [-0.4, -0.2) is 25.2 Å². The Hall–Kier alpha value is -1.39. The van der Waals surface area contributed by atoms with Crippen molar-refractivity contribution in [3.05, 3.63) is 35.9 Å². The van der Waals surface area contributed by atoms with Gasteiger partial charge in [0.25, 0.3) is 0 Å². The first-order valence-electron chi connectivity index (χ1n) is 5.23. The van der Waals surface area contributed by atoms with Gasteiger partial charge in [-0.15, -0.1) is 0 Å². The first kappa shape index (κ1) is 12.7. The largest absolute Gasteiger partial charge is 0.468 e. The second kappa shape index (κ2) is 5.63. The predicted octanol–water partition coefficient (Wildman–Crippen LogP) is 0.448. The molecule has 4 heteroatoms. The van der Waals surface area contributed by atoms with Crippen molar-refractivity contribution in [2.75, 3.05) is 13.7 Å². The van der Waals surface area contributed by atoms with E-state index in [0.29, 0.717) is 19.4 Å². The van der Waals surface area contributed by atoms with E-state index in [4.69, 9.17) is 16.2 Å². The summed E-state index contributed by atoms with van der Waals surface area (Å²) in [7, 11) is 1.34. The summed E-state index contributed by atoms with van der Waals surface area (Å²) >= 11 is 0. The molecule has 0 spiro atoms. The summed E-state index contributed by atoms with van der Waals surface area (Å²) in [5, 5.41) is 0. The van der Waals surface area contributed by atoms with E-state index in [2.05, 4.69) is 0 Å². The Kier molecular flexibility index (Phi) is 4.46. The Balaban J connectivity index is 2.83. The average Bonchev–Trinajstić information content (AvgIpc) is 2.29. The second-order valence-electron chi connectivity index (χ2n) is 3.85. The number of carbonyl (C=O) groups is 1. The highest BCUT2D eigenvalue weighted by molar-refractivity contribution is 5.80. The van der Waals surface area contributed by atoms with Gasteiger partial charge < -0.3 is 16.2 Å². The molecule has 0 aliphatic carbocycles. The standard InChI is InChI=1S/C12H18N2O2/c1-16-11(15)12(14,7-8-13)9-10-5-3-2-4-6-10/h2-6H,7-9,13-14H2,1H3/t12-/m0/s1. The highest BCUT2D eigenvalue weighted by atomic mass is 16.5. The third-order valence-electron chi connectivity index (χ3n) is 2.54. The molecule has 1 aromatic carbocycles. The van der Waals surface area contributed by atoms with Crippen molar-refractivity contribution in [1.29, 1.82) is 0 Å². The minimum atomic E-state index is -1.02. The summed E-state index contributed by atoms with van der Waals surface area (Å²) in [6.45, 7) is 0.360. The van der Waals surface area contributed by atoms with Crippen molar-refractivity contribution >= 4 is 5.97 Å². The van der Waals surface area contributed by atoms with Crippen molar-refractivity contribution in [2.45, 2.75) is 18.4 Å². The zero-order valence-electron chi connectivity index (χ0n) is 9.48. The van der Waals surface area contributed by atoms with E-state index in [1.165, 1.54) is 7.11 Å². The number of hydrogen-bond acceptors (Lipinski definition) is 4. The Morgan fingerprint density at radius 1 is 1.38 bits per heavy atom.